The van der Waals surface area contributed by atoms with Crippen LogP contribution in [0.15, 0.2) is 53.6 Å². The molecular formula is C15H20N2O. The van der Waals surface area contributed by atoms with Crippen molar-refractivity contribution in [3.8, 4) is 0 Å². The SMILES string of the molecule is C=C(C)C(=C)N/C(=C\C)c1ccc(=O)n(CC)c1. The number of pyridine rings is 1. The van der Waals surface area contributed by atoms with Crippen LogP contribution < -0.4 is 10.9 Å². The van der Waals surface area contributed by atoms with Gasteiger partial charge in [-0.25, -0.2) is 0 Å². The van der Waals surface area contributed by atoms with Crippen molar-refractivity contribution in [1.29, 1.82) is 0 Å². The number of nitrogens with one attached hydrogen (secondary N) is 1. The molecule has 0 radical (unpaired) electrons. The molecule has 0 atom stereocenters. The summed E-state index contributed by atoms with van der Waals surface area (Å²) in [6.45, 7) is 14.2. The van der Waals surface area contributed by atoms with E-state index in [-0.39, 0.29) is 5.56 Å². The molecule has 0 fully saturated rings. The van der Waals surface area contributed by atoms with Crippen molar-refractivity contribution in [3.63, 3.8) is 0 Å². The summed E-state index contributed by atoms with van der Waals surface area (Å²) in [5, 5.41) is 3.20. The fraction of sp³-hybridized carbons (Fsp3) is 0.267. The van der Waals surface area contributed by atoms with E-state index in [4.69, 9.17) is 0 Å². The summed E-state index contributed by atoms with van der Waals surface area (Å²) in [5.41, 5.74) is 3.55. The zero-order valence-electron chi connectivity index (χ0n) is 11.3. The first kappa shape index (κ1) is 14.0. The van der Waals surface area contributed by atoms with Crippen molar-refractivity contribution in [2.75, 3.05) is 0 Å². The van der Waals surface area contributed by atoms with Crippen LogP contribution in [0.5, 0.6) is 0 Å². The highest BCUT2D eigenvalue weighted by Crippen LogP contribution is 2.13. The summed E-state index contributed by atoms with van der Waals surface area (Å²) in [5.74, 6) is 0. The first-order valence-electron chi connectivity index (χ1n) is 5.98. The van der Waals surface area contributed by atoms with Crippen LogP contribution in [0.4, 0.5) is 0 Å². The van der Waals surface area contributed by atoms with E-state index in [0.717, 1.165) is 22.5 Å². The zero-order chi connectivity index (χ0) is 13.7. The quantitative estimate of drug-likeness (QED) is 0.808. The third kappa shape index (κ3) is 3.23. The standard InChI is InChI=1S/C15H20N2O/c1-6-14(16-12(5)11(3)4)13-8-9-15(18)17(7-2)10-13/h6,8-10,16H,3,5,7H2,1-2,4H3/b14-6-. The summed E-state index contributed by atoms with van der Waals surface area (Å²) in [4.78, 5) is 11.5. The molecule has 3 nitrogen and oxygen atoms in total. The fourth-order valence-electron chi connectivity index (χ4n) is 1.52. The van der Waals surface area contributed by atoms with Gasteiger partial charge in [0.15, 0.2) is 0 Å². The molecule has 1 N–H and O–H groups in total. The summed E-state index contributed by atoms with van der Waals surface area (Å²) in [6, 6.07) is 3.38. The van der Waals surface area contributed by atoms with E-state index >= 15 is 0 Å². The topological polar surface area (TPSA) is 34.0 Å². The van der Waals surface area contributed by atoms with Gasteiger partial charge in [0.2, 0.25) is 0 Å². The molecule has 1 rings (SSSR count). The van der Waals surface area contributed by atoms with Gasteiger partial charge in [0.1, 0.15) is 0 Å². The minimum Gasteiger partial charge on any atom is -0.356 e. The third-order valence-electron chi connectivity index (χ3n) is 2.72. The Morgan fingerprint density at radius 1 is 1.44 bits per heavy atom. The molecule has 0 aliphatic carbocycles. The summed E-state index contributed by atoms with van der Waals surface area (Å²) >= 11 is 0. The van der Waals surface area contributed by atoms with E-state index in [9.17, 15) is 4.79 Å². The van der Waals surface area contributed by atoms with Gasteiger partial charge in [-0.1, -0.05) is 19.2 Å². The average Bonchev–Trinajstić information content (AvgIpc) is 2.36. The Hall–Kier alpha value is -2.03. The Bertz CT molecular complexity index is 550. The van der Waals surface area contributed by atoms with Crippen LogP contribution in [-0.2, 0) is 6.54 Å². The van der Waals surface area contributed by atoms with Crippen LogP contribution in [0.2, 0.25) is 0 Å². The van der Waals surface area contributed by atoms with Crippen molar-refractivity contribution >= 4 is 5.70 Å². The van der Waals surface area contributed by atoms with Crippen molar-refractivity contribution in [1.82, 2.24) is 9.88 Å². The van der Waals surface area contributed by atoms with Gasteiger partial charge in [0.05, 0.1) is 0 Å². The van der Waals surface area contributed by atoms with E-state index in [1.807, 2.05) is 39.1 Å². The smallest absolute Gasteiger partial charge is 0.250 e. The van der Waals surface area contributed by atoms with Gasteiger partial charge >= 0.3 is 0 Å². The van der Waals surface area contributed by atoms with Gasteiger partial charge in [-0.05, 0) is 32.4 Å². The lowest BCUT2D eigenvalue weighted by molar-refractivity contribution is 0.724. The molecule has 0 aliphatic rings. The molecule has 0 saturated heterocycles. The maximum atomic E-state index is 11.5. The Labute approximate surface area is 108 Å². The Kier molecular flexibility index (Phi) is 4.72. The first-order valence-corrected chi connectivity index (χ1v) is 5.98. The van der Waals surface area contributed by atoms with Gasteiger partial charge < -0.3 is 9.88 Å². The van der Waals surface area contributed by atoms with E-state index < -0.39 is 0 Å². The molecule has 0 bridgehead atoms. The maximum absolute atomic E-state index is 11.5. The van der Waals surface area contributed by atoms with E-state index in [1.54, 1.807) is 10.6 Å². The number of hydrogen-bond donors (Lipinski definition) is 1. The van der Waals surface area contributed by atoms with E-state index in [0.29, 0.717) is 6.54 Å². The van der Waals surface area contributed by atoms with Crippen molar-refractivity contribution in [3.05, 3.63) is 64.8 Å². The highest BCUT2D eigenvalue weighted by Gasteiger charge is 2.04. The molecule has 0 amide bonds. The van der Waals surface area contributed by atoms with Gasteiger partial charge in [-0.2, -0.15) is 0 Å². The minimum absolute atomic E-state index is 0.00966. The molecule has 96 valence electrons. The van der Waals surface area contributed by atoms with Crippen molar-refractivity contribution in [2.45, 2.75) is 27.3 Å². The number of aromatic nitrogens is 1. The molecule has 18 heavy (non-hydrogen) atoms. The Balaban J connectivity index is 3.07. The van der Waals surface area contributed by atoms with Crippen LogP contribution in [0.25, 0.3) is 5.70 Å². The van der Waals surface area contributed by atoms with Crippen LogP contribution in [-0.4, -0.2) is 4.57 Å². The summed E-state index contributed by atoms with van der Waals surface area (Å²) < 4.78 is 1.67. The van der Waals surface area contributed by atoms with Crippen molar-refractivity contribution < 1.29 is 0 Å². The van der Waals surface area contributed by atoms with Gasteiger partial charge in [0, 0.05) is 35.8 Å². The number of hydrogen-bond acceptors (Lipinski definition) is 2. The van der Waals surface area contributed by atoms with E-state index in [1.165, 1.54) is 0 Å². The molecule has 1 heterocycles. The lowest BCUT2D eigenvalue weighted by Gasteiger charge is -2.14. The molecule has 1 aromatic heterocycles. The Morgan fingerprint density at radius 3 is 2.61 bits per heavy atom. The fourth-order valence-corrected chi connectivity index (χ4v) is 1.52. The zero-order valence-corrected chi connectivity index (χ0v) is 11.3. The van der Waals surface area contributed by atoms with Gasteiger partial charge in [-0.15, -0.1) is 0 Å². The molecule has 0 aromatic carbocycles. The lowest BCUT2D eigenvalue weighted by atomic mass is 10.1. The lowest BCUT2D eigenvalue weighted by Crippen LogP contribution is -2.19. The minimum atomic E-state index is 0.00966. The Morgan fingerprint density at radius 2 is 2.11 bits per heavy atom. The largest absolute Gasteiger partial charge is 0.356 e. The van der Waals surface area contributed by atoms with Crippen LogP contribution in [0, 0.1) is 0 Å². The molecule has 0 unspecified atom stereocenters. The predicted octanol–water partition coefficient (Wildman–Crippen LogP) is 2.91. The normalized spacial score (nSPS) is 11.2. The second kappa shape index (κ2) is 6.05. The first-order chi connectivity index (χ1) is 8.49. The van der Waals surface area contributed by atoms with Gasteiger partial charge in [0.25, 0.3) is 5.56 Å². The third-order valence-corrected chi connectivity index (χ3v) is 2.72. The molecule has 0 aliphatic heterocycles. The van der Waals surface area contributed by atoms with Crippen LogP contribution >= 0.6 is 0 Å². The number of rotatable bonds is 5. The van der Waals surface area contributed by atoms with Crippen molar-refractivity contribution in [2.24, 2.45) is 0 Å². The van der Waals surface area contributed by atoms with Crippen LogP contribution in [0.3, 0.4) is 0 Å². The predicted molar refractivity (Wildman–Crippen MR) is 77.1 cm³/mol. The number of aryl methyl sites for hydroxylation is 1. The van der Waals surface area contributed by atoms with Crippen LogP contribution in [0.1, 0.15) is 26.3 Å². The second-order valence-electron chi connectivity index (χ2n) is 4.13. The summed E-state index contributed by atoms with van der Waals surface area (Å²) in [7, 11) is 0. The van der Waals surface area contributed by atoms with E-state index in [2.05, 4.69) is 18.5 Å². The number of allylic oxidation sites excluding steroid dienone is 2. The highest BCUT2D eigenvalue weighted by atomic mass is 16.1. The molecular weight excluding hydrogens is 224 g/mol. The maximum Gasteiger partial charge on any atom is 0.250 e. The molecule has 0 saturated carbocycles. The molecule has 1 aromatic rings. The number of nitrogens with zero attached hydrogens (tertiary/aromatic N) is 1. The van der Waals surface area contributed by atoms with Gasteiger partial charge in [-0.3, -0.25) is 4.79 Å². The molecule has 0 spiro atoms. The second-order valence-corrected chi connectivity index (χ2v) is 4.13. The average molecular weight is 244 g/mol. The molecule has 3 heteroatoms. The monoisotopic (exact) mass is 244 g/mol. The highest BCUT2D eigenvalue weighted by molar-refractivity contribution is 5.65. The summed E-state index contributed by atoms with van der Waals surface area (Å²) in [6.07, 6.45) is 3.80.